The highest BCUT2D eigenvalue weighted by Gasteiger charge is 2.21. The van der Waals surface area contributed by atoms with Crippen molar-refractivity contribution in [3.05, 3.63) is 53.1 Å². The van der Waals surface area contributed by atoms with Crippen LogP contribution in [0.4, 0.5) is 4.39 Å². The van der Waals surface area contributed by atoms with Crippen LogP contribution in [-0.4, -0.2) is 25.2 Å². The third-order valence-corrected chi connectivity index (χ3v) is 4.73. The number of halogens is 2. The van der Waals surface area contributed by atoms with E-state index in [0.29, 0.717) is 16.5 Å². The molecule has 6 heteroatoms. The summed E-state index contributed by atoms with van der Waals surface area (Å²) < 4.78 is 24.5. The zero-order chi connectivity index (χ0) is 16.9. The van der Waals surface area contributed by atoms with Gasteiger partial charge >= 0.3 is 0 Å². The van der Waals surface area contributed by atoms with Gasteiger partial charge in [-0.1, -0.05) is 35.5 Å². The molecule has 0 bridgehead atoms. The fourth-order valence-corrected chi connectivity index (χ4v) is 3.06. The van der Waals surface area contributed by atoms with Crippen LogP contribution in [0.25, 0.3) is 0 Å². The Kier molecular flexibility index (Phi) is 5.87. The number of thioether (sulfide) groups is 1. The van der Waals surface area contributed by atoms with E-state index in [9.17, 15) is 4.39 Å². The van der Waals surface area contributed by atoms with Crippen LogP contribution in [0.5, 0.6) is 11.5 Å². The Morgan fingerprint density at radius 2 is 2.08 bits per heavy atom. The molecule has 24 heavy (non-hydrogen) atoms. The number of benzene rings is 2. The van der Waals surface area contributed by atoms with E-state index in [1.54, 1.807) is 12.1 Å². The van der Waals surface area contributed by atoms with E-state index in [1.807, 2.05) is 37.3 Å². The highest BCUT2D eigenvalue weighted by Crippen LogP contribution is 2.35. The topological polar surface area (TPSA) is 30.5 Å². The van der Waals surface area contributed by atoms with Crippen molar-refractivity contribution in [2.24, 2.45) is 0 Å². The minimum atomic E-state index is -0.441. The highest BCUT2D eigenvalue weighted by molar-refractivity contribution is 7.99. The SMILES string of the molecule is CC(Oc1ccc(Cl)cc1OC1CNC1)c1cccc(SCF)c1. The summed E-state index contributed by atoms with van der Waals surface area (Å²) in [5.41, 5.74) is 0.986. The van der Waals surface area contributed by atoms with E-state index in [4.69, 9.17) is 21.1 Å². The smallest absolute Gasteiger partial charge is 0.163 e. The molecular formula is C18H19ClFNO2S. The van der Waals surface area contributed by atoms with Gasteiger partial charge in [0, 0.05) is 29.1 Å². The molecule has 0 amide bonds. The maximum Gasteiger partial charge on any atom is 0.163 e. The summed E-state index contributed by atoms with van der Waals surface area (Å²) in [6, 6.07) is 12.7. The Bertz CT molecular complexity index is 696. The minimum Gasteiger partial charge on any atom is -0.484 e. The second kappa shape index (κ2) is 8.10. The number of hydrogen-bond donors (Lipinski definition) is 1. The molecule has 2 aromatic carbocycles. The first-order chi connectivity index (χ1) is 11.7. The molecule has 1 aliphatic rings. The molecule has 1 aliphatic heterocycles. The van der Waals surface area contributed by atoms with Crippen molar-refractivity contribution in [2.45, 2.75) is 24.0 Å². The molecule has 128 valence electrons. The first-order valence-corrected chi connectivity index (χ1v) is 9.14. The lowest BCUT2D eigenvalue weighted by atomic mass is 10.1. The van der Waals surface area contributed by atoms with E-state index in [0.717, 1.165) is 23.5 Å². The Morgan fingerprint density at radius 3 is 2.79 bits per heavy atom. The highest BCUT2D eigenvalue weighted by atomic mass is 35.5. The average molecular weight is 368 g/mol. The van der Waals surface area contributed by atoms with Crippen molar-refractivity contribution in [1.29, 1.82) is 0 Å². The van der Waals surface area contributed by atoms with Gasteiger partial charge in [-0.2, -0.15) is 0 Å². The first-order valence-electron chi connectivity index (χ1n) is 7.78. The van der Waals surface area contributed by atoms with Crippen LogP contribution in [-0.2, 0) is 0 Å². The Labute approximate surface area is 150 Å². The van der Waals surface area contributed by atoms with Crippen LogP contribution < -0.4 is 14.8 Å². The quantitative estimate of drug-likeness (QED) is 0.708. The van der Waals surface area contributed by atoms with Crippen molar-refractivity contribution < 1.29 is 13.9 Å². The first kappa shape index (κ1) is 17.4. The lowest BCUT2D eigenvalue weighted by Gasteiger charge is -2.29. The van der Waals surface area contributed by atoms with Gasteiger partial charge in [-0.3, -0.25) is 0 Å². The van der Waals surface area contributed by atoms with Crippen LogP contribution in [0.1, 0.15) is 18.6 Å². The summed E-state index contributed by atoms with van der Waals surface area (Å²) in [6.45, 7) is 3.61. The summed E-state index contributed by atoms with van der Waals surface area (Å²) in [4.78, 5) is 0.888. The second-order valence-corrected chi connectivity index (χ2v) is 6.99. The standard InChI is InChI=1S/C18H19ClFNO2S/c1-12(13-3-2-4-16(7-13)24-11-20)22-17-6-5-14(19)8-18(17)23-15-9-21-10-15/h2-8,12,15,21H,9-11H2,1H3. The summed E-state index contributed by atoms with van der Waals surface area (Å²) in [5, 5.41) is 3.78. The molecule has 0 aromatic heterocycles. The molecular weight excluding hydrogens is 349 g/mol. The fraction of sp³-hybridized carbons (Fsp3) is 0.333. The van der Waals surface area contributed by atoms with Gasteiger partial charge in [0.25, 0.3) is 0 Å². The zero-order valence-electron chi connectivity index (χ0n) is 13.3. The third-order valence-electron chi connectivity index (χ3n) is 3.80. The van der Waals surface area contributed by atoms with Crippen molar-refractivity contribution in [3.8, 4) is 11.5 Å². The molecule has 1 atom stereocenters. The Hall–Kier alpha value is -1.43. The van der Waals surface area contributed by atoms with Crippen LogP contribution in [0.2, 0.25) is 5.02 Å². The summed E-state index contributed by atoms with van der Waals surface area (Å²) in [5.74, 6) is 1.30. The molecule has 0 saturated carbocycles. The molecule has 3 rings (SSSR count). The average Bonchev–Trinajstić information content (AvgIpc) is 2.54. The minimum absolute atomic E-state index is 0.144. The van der Waals surface area contributed by atoms with E-state index in [-0.39, 0.29) is 12.2 Å². The zero-order valence-corrected chi connectivity index (χ0v) is 14.9. The second-order valence-electron chi connectivity index (χ2n) is 5.58. The third kappa shape index (κ3) is 4.35. The lowest BCUT2D eigenvalue weighted by molar-refractivity contribution is 0.129. The lowest BCUT2D eigenvalue weighted by Crippen LogP contribution is -2.50. The van der Waals surface area contributed by atoms with Crippen molar-refractivity contribution in [3.63, 3.8) is 0 Å². The van der Waals surface area contributed by atoms with E-state index < -0.39 is 6.01 Å². The van der Waals surface area contributed by atoms with Crippen LogP contribution in [0.3, 0.4) is 0 Å². The van der Waals surface area contributed by atoms with E-state index in [2.05, 4.69) is 5.32 Å². The van der Waals surface area contributed by atoms with E-state index in [1.165, 1.54) is 11.8 Å². The monoisotopic (exact) mass is 367 g/mol. The maximum atomic E-state index is 12.5. The molecule has 0 aliphatic carbocycles. The largest absolute Gasteiger partial charge is 0.484 e. The van der Waals surface area contributed by atoms with Gasteiger partial charge in [0.15, 0.2) is 11.5 Å². The molecule has 2 aromatic rings. The molecule has 1 unspecified atom stereocenters. The van der Waals surface area contributed by atoms with Gasteiger partial charge in [-0.15, -0.1) is 0 Å². The molecule has 1 saturated heterocycles. The van der Waals surface area contributed by atoms with Gasteiger partial charge in [0.2, 0.25) is 0 Å². The van der Waals surface area contributed by atoms with Crippen LogP contribution in [0, 0.1) is 0 Å². The van der Waals surface area contributed by atoms with Gasteiger partial charge in [0.1, 0.15) is 18.2 Å². The van der Waals surface area contributed by atoms with Crippen molar-refractivity contribution in [1.82, 2.24) is 5.32 Å². The van der Waals surface area contributed by atoms with Gasteiger partial charge in [-0.05, 0) is 36.8 Å². The summed E-state index contributed by atoms with van der Waals surface area (Å²) in [6.07, 6.45) is -0.0430. The number of hydrogen-bond acceptors (Lipinski definition) is 4. The Balaban J connectivity index is 1.75. The predicted octanol–water partition coefficient (Wildman–Crippen LogP) is 4.85. The molecule has 3 nitrogen and oxygen atoms in total. The molecule has 1 heterocycles. The number of rotatable bonds is 7. The number of ether oxygens (including phenoxy) is 2. The molecule has 1 fully saturated rings. The maximum absolute atomic E-state index is 12.5. The van der Waals surface area contributed by atoms with Crippen LogP contribution in [0.15, 0.2) is 47.4 Å². The van der Waals surface area contributed by atoms with E-state index >= 15 is 0 Å². The van der Waals surface area contributed by atoms with Gasteiger partial charge in [-0.25, -0.2) is 4.39 Å². The molecule has 1 N–H and O–H groups in total. The van der Waals surface area contributed by atoms with Crippen molar-refractivity contribution in [2.75, 3.05) is 19.1 Å². The van der Waals surface area contributed by atoms with Crippen LogP contribution >= 0.6 is 23.4 Å². The summed E-state index contributed by atoms with van der Waals surface area (Å²) >= 11 is 7.25. The predicted molar refractivity (Wildman–Crippen MR) is 96.1 cm³/mol. The summed E-state index contributed by atoms with van der Waals surface area (Å²) in [7, 11) is 0. The molecule has 0 radical (unpaired) electrons. The number of alkyl halides is 1. The number of nitrogens with one attached hydrogen (secondary N) is 1. The van der Waals surface area contributed by atoms with Gasteiger partial charge < -0.3 is 14.8 Å². The Morgan fingerprint density at radius 1 is 1.25 bits per heavy atom. The van der Waals surface area contributed by atoms with Gasteiger partial charge in [0.05, 0.1) is 0 Å². The normalized spacial score (nSPS) is 15.6. The molecule has 0 spiro atoms. The fourth-order valence-electron chi connectivity index (χ4n) is 2.38. The van der Waals surface area contributed by atoms with Crippen molar-refractivity contribution >= 4 is 23.4 Å².